The van der Waals surface area contributed by atoms with Gasteiger partial charge in [0.25, 0.3) is 0 Å². The van der Waals surface area contributed by atoms with E-state index < -0.39 is 0 Å². The normalized spacial score (nSPS) is 10.5. The molecule has 0 atom stereocenters. The van der Waals surface area contributed by atoms with Gasteiger partial charge in [-0.15, -0.1) is 0 Å². The van der Waals surface area contributed by atoms with Crippen LogP contribution in [-0.2, 0) is 11.2 Å². The molecule has 27 heavy (non-hydrogen) atoms. The molecule has 140 valence electrons. The highest BCUT2D eigenvalue weighted by molar-refractivity contribution is 5.93. The molecule has 1 N–H and O–H groups in total. The summed E-state index contributed by atoms with van der Waals surface area (Å²) in [5.41, 5.74) is 3.22. The number of aryl methyl sites for hydroxylation is 2. The van der Waals surface area contributed by atoms with Crippen LogP contribution in [0.25, 0.3) is 11.5 Å². The van der Waals surface area contributed by atoms with E-state index in [-0.39, 0.29) is 12.3 Å². The smallest absolute Gasteiger partial charge is 0.230 e. The van der Waals surface area contributed by atoms with Gasteiger partial charge in [-0.25, -0.2) is 4.98 Å². The number of nitrogens with zero attached hydrogens (tertiary/aromatic N) is 1. The van der Waals surface area contributed by atoms with Gasteiger partial charge in [0.05, 0.1) is 32.0 Å². The number of ether oxygens (including phenoxy) is 2. The van der Waals surface area contributed by atoms with E-state index in [4.69, 9.17) is 13.9 Å². The molecule has 0 saturated carbocycles. The molecule has 1 aromatic heterocycles. The lowest BCUT2D eigenvalue weighted by Gasteiger charge is -2.11. The number of benzene rings is 2. The van der Waals surface area contributed by atoms with Gasteiger partial charge < -0.3 is 19.2 Å². The number of amides is 1. The predicted octanol–water partition coefficient (Wildman–Crippen LogP) is 4.16. The van der Waals surface area contributed by atoms with Crippen molar-refractivity contribution >= 4 is 11.6 Å². The lowest BCUT2D eigenvalue weighted by molar-refractivity contribution is -0.115. The molecular weight excluding hydrogens is 344 g/mol. The molecule has 2 aromatic carbocycles. The Labute approximate surface area is 158 Å². The molecule has 3 rings (SSSR count). The average Bonchev–Trinajstić information content (AvgIpc) is 3.03. The number of carbonyl (C=O) groups is 1. The maximum absolute atomic E-state index is 12.5. The van der Waals surface area contributed by atoms with Crippen molar-refractivity contribution in [2.75, 3.05) is 19.5 Å². The molecule has 0 aliphatic rings. The Hall–Kier alpha value is -3.28. The SMILES string of the molecule is COc1ccc(NC(=O)Cc2nc(-c3ccc(C)cc3)oc2C)c(OC)c1. The summed E-state index contributed by atoms with van der Waals surface area (Å²) in [5, 5.41) is 2.84. The number of aromatic nitrogens is 1. The van der Waals surface area contributed by atoms with Crippen LogP contribution in [0.2, 0.25) is 0 Å². The molecule has 0 bridgehead atoms. The predicted molar refractivity (Wildman–Crippen MR) is 103 cm³/mol. The van der Waals surface area contributed by atoms with Crippen molar-refractivity contribution in [3.8, 4) is 23.0 Å². The van der Waals surface area contributed by atoms with Gasteiger partial charge in [-0.05, 0) is 38.1 Å². The van der Waals surface area contributed by atoms with Gasteiger partial charge in [0.15, 0.2) is 0 Å². The number of hydrogen-bond acceptors (Lipinski definition) is 5. The molecule has 0 unspecified atom stereocenters. The third-order valence-electron chi connectivity index (χ3n) is 4.20. The van der Waals surface area contributed by atoms with Gasteiger partial charge in [0.2, 0.25) is 11.8 Å². The van der Waals surface area contributed by atoms with Crippen molar-refractivity contribution in [3.05, 3.63) is 59.5 Å². The standard InChI is InChI=1S/C21H22N2O4/c1-13-5-7-15(8-6-13)21-23-18(14(2)27-21)12-20(24)22-17-10-9-16(25-3)11-19(17)26-4/h5-11H,12H2,1-4H3,(H,22,24). The molecule has 0 spiro atoms. The zero-order valence-corrected chi connectivity index (χ0v) is 15.8. The number of methoxy groups -OCH3 is 2. The molecule has 6 heteroatoms. The van der Waals surface area contributed by atoms with Crippen molar-refractivity contribution < 1.29 is 18.7 Å². The number of anilines is 1. The summed E-state index contributed by atoms with van der Waals surface area (Å²) >= 11 is 0. The lowest BCUT2D eigenvalue weighted by Crippen LogP contribution is -2.15. The van der Waals surface area contributed by atoms with Crippen LogP contribution in [0.15, 0.2) is 46.9 Å². The Kier molecular flexibility index (Phi) is 5.45. The summed E-state index contributed by atoms with van der Waals surface area (Å²) in [6, 6.07) is 13.1. The van der Waals surface area contributed by atoms with Gasteiger partial charge in [-0.1, -0.05) is 17.7 Å². The molecule has 1 amide bonds. The molecule has 6 nitrogen and oxygen atoms in total. The highest BCUT2D eigenvalue weighted by Gasteiger charge is 2.16. The van der Waals surface area contributed by atoms with Gasteiger partial charge >= 0.3 is 0 Å². The minimum absolute atomic E-state index is 0.108. The molecule has 0 fully saturated rings. The summed E-state index contributed by atoms with van der Waals surface area (Å²) in [7, 11) is 3.12. The third kappa shape index (κ3) is 4.28. The Morgan fingerprint density at radius 2 is 1.81 bits per heavy atom. The van der Waals surface area contributed by atoms with Gasteiger partial charge in [-0.3, -0.25) is 4.79 Å². The molecule has 0 aliphatic carbocycles. The van der Waals surface area contributed by atoms with E-state index in [0.29, 0.717) is 34.5 Å². The minimum atomic E-state index is -0.203. The Morgan fingerprint density at radius 1 is 1.07 bits per heavy atom. The minimum Gasteiger partial charge on any atom is -0.497 e. The van der Waals surface area contributed by atoms with Crippen LogP contribution in [0, 0.1) is 13.8 Å². The van der Waals surface area contributed by atoms with Gasteiger partial charge in [-0.2, -0.15) is 0 Å². The second-order valence-electron chi connectivity index (χ2n) is 6.18. The van der Waals surface area contributed by atoms with Crippen LogP contribution < -0.4 is 14.8 Å². The highest BCUT2D eigenvalue weighted by atomic mass is 16.5. The zero-order valence-electron chi connectivity index (χ0n) is 15.8. The van der Waals surface area contributed by atoms with E-state index in [1.165, 1.54) is 0 Å². The fraction of sp³-hybridized carbons (Fsp3) is 0.238. The van der Waals surface area contributed by atoms with Crippen molar-refractivity contribution in [3.63, 3.8) is 0 Å². The van der Waals surface area contributed by atoms with Gasteiger partial charge in [0.1, 0.15) is 17.3 Å². The van der Waals surface area contributed by atoms with E-state index in [9.17, 15) is 4.79 Å². The first-order valence-corrected chi connectivity index (χ1v) is 8.55. The highest BCUT2D eigenvalue weighted by Crippen LogP contribution is 2.29. The first-order chi connectivity index (χ1) is 13.0. The fourth-order valence-corrected chi connectivity index (χ4v) is 2.66. The maximum atomic E-state index is 12.5. The van der Waals surface area contributed by atoms with Gasteiger partial charge in [0, 0.05) is 11.6 Å². The number of carbonyl (C=O) groups excluding carboxylic acids is 1. The van der Waals surface area contributed by atoms with Crippen molar-refractivity contribution in [1.82, 2.24) is 4.98 Å². The summed E-state index contributed by atoms with van der Waals surface area (Å²) in [4.78, 5) is 17.0. The summed E-state index contributed by atoms with van der Waals surface area (Å²) < 4.78 is 16.2. The topological polar surface area (TPSA) is 73.6 Å². The zero-order chi connectivity index (χ0) is 19.4. The van der Waals surface area contributed by atoms with Crippen LogP contribution in [0.1, 0.15) is 17.0 Å². The van der Waals surface area contributed by atoms with E-state index >= 15 is 0 Å². The van der Waals surface area contributed by atoms with Crippen molar-refractivity contribution in [2.45, 2.75) is 20.3 Å². The number of rotatable bonds is 6. The van der Waals surface area contributed by atoms with Crippen LogP contribution in [0.4, 0.5) is 5.69 Å². The van der Waals surface area contributed by atoms with Crippen molar-refractivity contribution in [2.24, 2.45) is 0 Å². The van der Waals surface area contributed by atoms with Crippen LogP contribution in [-0.4, -0.2) is 25.1 Å². The third-order valence-corrected chi connectivity index (χ3v) is 4.20. The van der Waals surface area contributed by atoms with E-state index in [1.54, 1.807) is 39.3 Å². The molecular formula is C21H22N2O4. The molecule has 0 radical (unpaired) electrons. The molecule has 1 heterocycles. The second kappa shape index (κ2) is 7.95. The summed E-state index contributed by atoms with van der Waals surface area (Å²) in [5.74, 6) is 2.12. The van der Waals surface area contributed by atoms with Crippen LogP contribution >= 0.6 is 0 Å². The Balaban J connectivity index is 1.74. The maximum Gasteiger partial charge on any atom is 0.230 e. The summed E-state index contributed by atoms with van der Waals surface area (Å²) in [6.07, 6.45) is 0.108. The molecule has 3 aromatic rings. The molecule has 0 aliphatic heterocycles. The monoisotopic (exact) mass is 366 g/mol. The number of oxazole rings is 1. The van der Waals surface area contributed by atoms with E-state index in [2.05, 4.69) is 10.3 Å². The molecule has 0 saturated heterocycles. The largest absolute Gasteiger partial charge is 0.497 e. The van der Waals surface area contributed by atoms with Crippen LogP contribution in [0.5, 0.6) is 11.5 Å². The second-order valence-corrected chi connectivity index (χ2v) is 6.18. The van der Waals surface area contributed by atoms with E-state index in [1.807, 2.05) is 31.2 Å². The lowest BCUT2D eigenvalue weighted by atomic mass is 10.1. The number of nitrogens with one attached hydrogen (secondary N) is 1. The fourth-order valence-electron chi connectivity index (χ4n) is 2.66. The summed E-state index contributed by atoms with van der Waals surface area (Å²) in [6.45, 7) is 3.83. The van der Waals surface area contributed by atoms with Crippen molar-refractivity contribution in [1.29, 1.82) is 0 Å². The Bertz CT molecular complexity index is 945. The first kappa shape index (κ1) is 18.5. The number of hydrogen-bond donors (Lipinski definition) is 1. The van der Waals surface area contributed by atoms with E-state index in [0.717, 1.165) is 11.1 Å². The quantitative estimate of drug-likeness (QED) is 0.709. The van der Waals surface area contributed by atoms with Crippen LogP contribution in [0.3, 0.4) is 0 Å². The Morgan fingerprint density at radius 3 is 2.48 bits per heavy atom. The average molecular weight is 366 g/mol. The first-order valence-electron chi connectivity index (χ1n) is 8.55.